The second kappa shape index (κ2) is 11.7. The molecule has 248 valence electrons. The number of hydrogen-bond donors (Lipinski definition) is 0. The molecule has 5 heterocycles. The molecule has 5 unspecified atom stereocenters. The first-order chi connectivity index (χ1) is 23.3. The first kappa shape index (κ1) is 31.0. The fourth-order valence-corrected chi connectivity index (χ4v) is 10.1. The number of fused-ring (bicyclic) bond motifs is 8. The molecule has 3 aliphatic heterocycles. The van der Waals surface area contributed by atoms with E-state index in [0.29, 0.717) is 12.0 Å². The molecule has 5 atom stereocenters. The Bertz CT molecular complexity index is 2010. The fourth-order valence-electron chi connectivity index (χ4n) is 10.1. The molecule has 0 spiro atoms. The van der Waals surface area contributed by atoms with Crippen LogP contribution in [-0.2, 0) is 5.41 Å². The van der Waals surface area contributed by atoms with Crippen molar-refractivity contribution in [3.8, 4) is 0 Å². The summed E-state index contributed by atoms with van der Waals surface area (Å²) in [5, 5.41) is 2.39. The third-order valence-electron chi connectivity index (χ3n) is 12.7. The van der Waals surface area contributed by atoms with Crippen LogP contribution in [0.4, 0.5) is 23.0 Å². The van der Waals surface area contributed by atoms with E-state index in [0.717, 1.165) is 61.3 Å². The van der Waals surface area contributed by atoms with E-state index in [2.05, 4.69) is 129 Å². The smallest absolute Gasteiger partial charge is 0.178 e. The first-order valence-electron chi connectivity index (χ1n) is 18.1. The molecule has 3 aliphatic rings. The zero-order chi connectivity index (χ0) is 33.2. The summed E-state index contributed by atoms with van der Waals surface area (Å²) in [7, 11) is 2.22. The summed E-state index contributed by atoms with van der Waals surface area (Å²) in [4.78, 5) is 17.2. The summed E-state index contributed by atoms with van der Waals surface area (Å²) in [5.74, 6) is 2.51. The Morgan fingerprint density at radius 1 is 0.917 bits per heavy atom. The SMILES string of the molecule is CCC1(CCCC2C(C)CCC=CN2c2c(C)ccc3c2oc2ccccc23)c2ccccc2N2c3nccnc3N(C)C2C1(C)CC. The average molecular weight is 640 g/mol. The number of hydrogen-bond acceptors (Lipinski definition) is 6. The van der Waals surface area contributed by atoms with E-state index in [1.54, 1.807) is 0 Å². The second-order valence-electron chi connectivity index (χ2n) is 14.8. The Balaban J connectivity index is 1.18. The lowest BCUT2D eigenvalue weighted by atomic mass is 9.52. The molecule has 0 aliphatic carbocycles. The summed E-state index contributed by atoms with van der Waals surface area (Å²) >= 11 is 0. The van der Waals surface area contributed by atoms with E-state index in [1.807, 2.05) is 12.4 Å². The Labute approximate surface area is 285 Å². The van der Waals surface area contributed by atoms with E-state index >= 15 is 0 Å². The Morgan fingerprint density at radius 3 is 2.50 bits per heavy atom. The van der Waals surface area contributed by atoms with Crippen molar-refractivity contribution < 1.29 is 4.42 Å². The van der Waals surface area contributed by atoms with Crippen LogP contribution in [0.1, 0.15) is 83.8 Å². The summed E-state index contributed by atoms with van der Waals surface area (Å²) in [6.45, 7) is 12.1. The second-order valence-corrected chi connectivity index (χ2v) is 14.8. The molecule has 0 amide bonds. The lowest BCUT2D eigenvalue weighted by Crippen LogP contribution is -2.63. The maximum absolute atomic E-state index is 6.64. The van der Waals surface area contributed by atoms with Gasteiger partial charge >= 0.3 is 0 Å². The predicted octanol–water partition coefficient (Wildman–Crippen LogP) is 10.7. The monoisotopic (exact) mass is 639 g/mol. The van der Waals surface area contributed by atoms with Gasteiger partial charge in [-0.05, 0) is 74.6 Å². The van der Waals surface area contributed by atoms with Crippen molar-refractivity contribution in [3.63, 3.8) is 0 Å². The minimum Gasteiger partial charge on any atom is -0.454 e. The van der Waals surface area contributed by atoms with Crippen LogP contribution in [0.5, 0.6) is 0 Å². The molecule has 0 bridgehead atoms. The largest absolute Gasteiger partial charge is 0.454 e. The molecule has 0 fully saturated rings. The Morgan fingerprint density at radius 2 is 1.69 bits per heavy atom. The highest BCUT2D eigenvalue weighted by atomic mass is 16.3. The number of anilines is 4. The summed E-state index contributed by atoms with van der Waals surface area (Å²) in [6.07, 6.45) is 16.4. The zero-order valence-corrected chi connectivity index (χ0v) is 29.4. The summed E-state index contributed by atoms with van der Waals surface area (Å²) < 4.78 is 6.64. The normalized spacial score (nSPS) is 26.5. The van der Waals surface area contributed by atoms with Gasteiger partial charge < -0.3 is 19.1 Å². The molecule has 0 saturated heterocycles. The number of furan rings is 1. The van der Waals surface area contributed by atoms with Gasteiger partial charge in [-0.15, -0.1) is 0 Å². The van der Waals surface area contributed by atoms with Crippen molar-refractivity contribution in [3.05, 3.63) is 96.5 Å². The number of aryl methyl sites for hydroxylation is 1. The van der Waals surface area contributed by atoms with Crippen LogP contribution in [-0.4, -0.2) is 29.2 Å². The summed E-state index contributed by atoms with van der Waals surface area (Å²) in [5.41, 5.74) is 7.19. The van der Waals surface area contributed by atoms with E-state index in [1.165, 1.54) is 39.7 Å². The Kier molecular flexibility index (Phi) is 7.54. The highest BCUT2D eigenvalue weighted by Crippen LogP contribution is 2.63. The molecule has 5 aromatic rings. The van der Waals surface area contributed by atoms with Crippen molar-refractivity contribution in [1.82, 2.24) is 9.97 Å². The van der Waals surface area contributed by atoms with Gasteiger partial charge in [-0.1, -0.05) is 88.7 Å². The molecule has 6 nitrogen and oxygen atoms in total. The van der Waals surface area contributed by atoms with Gasteiger partial charge in [0.25, 0.3) is 0 Å². The van der Waals surface area contributed by atoms with Crippen LogP contribution in [0.3, 0.4) is 0 Å². The number of para-hydroxylation sites is 2. The number of allylic oxidation sites excluding steroid dienone is 1. The van der Waals surface area contributed by atoms with Crippen LogP contribution >= 0.6 is 0 Å². The van der Waals surface area contributed by atoms with Crippen LogP contribution in [0.25, 0.3) is 21.9 Å². The van der Waals surface area contributed by atoms with E-state index in [9.17, 15) is 0 Å². The number of benzene rings is 3. The minimum atomic E-state index is -0.0294. The number of rotatable bonds is 7. The van der Waals surface area contributed by atoms with E-state index in [-0.39, 0.29) is 17.0 Å². The van der Waals surface area contributed by atoms with Gasteiger partial charge in [0.05, 0.1) is 5.69 Å². The first-order valence-corrected chi connectivity index (χ1v) is 18.1. The molecule has 48 heavy (non-hydrogen) atoms. The number of nitrogens with zero attached hydrogens (tertiary/aromatic N) is 5. The fraction of sp³-hybridized carbons (Fsp3) is 0.429. The van der Waals surface area contributed by atoms with E-state index in [4.69, 9.17) is 14.4 Å². The third-order valence-corrected chi connectivity index (χ3v) is 12.7. The van der Waals surface area contributed by atoms with Gasteiger partial charge in [-0.25, -0.2) is 9.97 Å². The van der Waals surface area contributed by atoms with Crippen LogP contribution in [0.15, 0.2) is 89.8 Å². The lowest BCUT2D eigenvalue weighted by Gasteiger charge is -2.60. The lowest BCUT2D eigenvalue weighted by molar-refractivity contribution is 0.0678. The molecule has 0 saturated carbocycles. The average Bonchev–Trinajstić information content (AvgIpc) is 3.57. The van der Waals surface area contributed by atoms with Crippen molar-refractivity contribution >= 4 is 44.9 Å². The molecule has 3 aromatic carbocycles. The Hall–Kier alpha value is -4.32. The van der Waals surface area contributed by atoms with Crippen molar-refractivity contribution in [2.24, 2.45) is 11.3 Å². The number of aromatic nitrogens is 2. The van der Waals surface area contributed by atoms with Gasteiger partial charge in [-0.2, -0.15) is 0 Å². The summed E-state index contributed by atoms with van der Waals surface area (Å²) in [6, 6.07) is 22.5. The third kappa shape index (κ3) is 4.30. The van der Waals surface area contributed by atoms with Crippen LogP contribution in [0, 0.1) is 18.3 Å². The molecule has 0 radical (unpaired) electrons. The molecule has 6 heteroatoms. The van der Waals surface area contributed by atoms with E-state index < -0.39 is 0 Å². The van der Waals surface area contributed by atoms with Crippen molar-refractivity contribution in [2.75, 3.05) is 21.7 Å². The van der Waals surface area contributed by atoms with Crippen molar-refractivity contribution in [2.45, 2.75) is 97.2 Å². The van der Waals surface area contributed by atoms with Crippen molar-refractivity contribution in [1.29, 1.82) is 0 Å². The topological polar surface area (TPSA) is 48.6 Å². The van der Waals surface area contributed by atoms with Gasteiger partial charge in [0, 0.05) is 59.0 Å². The quantitative estimate of drug-likeness (QED) is 0.177. The highest BCUT2D eigenvalue weighted by Gasteiger charge is 2.61. The van der Waals surface area contributed by atoms with Gasteiger partial charge in [0.1, 0.15) is 11.7 Å². The molecular weight excluding hydrogens is 590 g/mol. The molecule has 0 N–H and O–H groups in total. The maximum Gasteiger partial charge on any atom is 0.178 e. The van der Waals surface area contributed by atoms with Gasteiger partial charge in [0.2, 0.25) is 0 Å². The molecule has 8 rings (SSSR count). The minimum absolute atomic E-state index is 0.000878. The van der Waals surface area contributed by atoms with Gasteiger partial charge in [0.15, 0.2) is 17.2 Å². The highest BCUT2D eigenvalue weighted by molar-refractivity contribution is 6.09. The standard InChI is InChI=1S/C42H49N5O/c1-7-41(5)40-45(6)38-39(44-26-25-43-38)47(40)34-19-11-10-18-32(34)42(41,8-2)24-15-20-33-28(3)16-13-14-27-46(33)36-29(4)22-23-31-30-17-9-12-21-35(30)48-37(31)36/h9-12,14,17-19,21-23,25-28,33,40H,7-8,13,15-16,20,24H2,1-6H3. The molecular formula is C42H49N5O. The predicted molar refractivity (Wildman–Crippen MR) is 199 cm³/mol. The van der Waals surface area contributed by atoms with Gasteiger partial charge in [-0.3, -0.25) is 0 Å². The molecule has 2 aromatic heterocycles. The van der Waals surface area contributed by atoms with Crippen LogP contribution in [0.2, 0.25) is 0 Å². The van der Waals surface area contributed by atoms with Crippen LogP contribution < -0.4 is 14.7 Å². The zero-order valence-electron chi connectivity index (χ0n) is 29.4. The maximum atomic E-state index is 6.64.